The van der Waals surface area contributed by atoms with Crippen molar-refractivity contribution in [1.29, 1.82) is 0 Å². The van der Waals surface area contributed by atoms with Crippen molar-refractivity contribution in [2.75, 3.05) is 5.32 Å². The number of hydrogen-bond acceptors (Lipinski definition) is 3. The summed E-state index contributed by atoms with van der Waals surface area (Å²) in [4.78, 5) is 24.8. The molecule has 0 unspecified atom stereocenters. The van der Waals surface area contributed by atoms with Gasteiger partial charge < -0.3 is 5.32 Å². The van der Waals surface area contributed by atoms with E-state index in [0.717, 1.165) is 0 Å². The van der Waals surface area contributed by atoms with E-state index in [0.29, 0.717) is 28.6 Å². The van der Waals surface area contributed by atoms with Crippen molar-refractivity contribution in [1.82, 2.24) is 9.78 Å². The third-order valence-electron chi connectivity index (χ3n) is 3.99. The molecule has 3 aromatic rings. The molecule has 0 fully saturated rings. The summed E-state index contributed by atoms with van der Waals surface area (Å²) in [7, 11) is 0. The molecular weight excluding hydrogens is 359 g/mol. The van der Waals surface area contributed by atoms with E-state index in [1.165, 1.54) is 4.68 Å². The van der Waals surface area contributed by atoms with Crippen molar-refractivity contribution in [3.63, 3.8) is 0 Å². The van der Waals surface area contributed by atoms with Gasteiger partial charge in [-0.05, 0) is 19.9 Å². The van der Waals surface area contributed by atoms with Crippen LogP contribution in [0.4, 0.5) is 18.9 Å². The van der Waals surface area contributed by atoms with Gasteiger partial charge in [-0.2, -0.15) is 5.10 Å². The molecule has 1 heterocycles. The van der Waals surface area contributed by atoms with Gasteiger partial charge in [-0.25, -0.2) is 17.9 Å². The highest BCUT2D eigenvalue weighted by molar-refractivity contribution is 5.95. The minimum absolute atomic E-state index is 0.210. The lowest BCUT2D eigenvalue weighted by Crippen LogP contribution is -2.27. The maximum atomic E-state index is 13.3. The number of anilines is 1. The molecule has 1 aromatic heterocycles. The van der Waals surface area contributed by atoms with Gasteiger partial charge in [0.05, 0.1) is 23.5 Å². The topological polar surface area (TPSA) is 64.0 Å². The van der Waals surface area contributed by atoms with E-state index in [-0.39, 0.29) is 23.7 Å². The maximum Gasteiger partial charge on any atom is 0.274 e. The Kier molecular flexibility index (Phi) is 4.98. The van der Waals surface area contributed by atoms with Crippen molar-refractivity contribution in [3.05, 3.63) is 69.9 Å². The zero-order valence-corrected chi connectivity index (χ0v) is 14.6. The van der Waals surface area contributed by atoms with Crippen molar-refractivity contribution in [3.8, 4) is 0 Å². The molecule has 5 nitrogen and oxygen atoms in total. The Hall–Kier alpha value is -3.16. The molecule has 1 amide bonds. The number of hydrogen-bond donors (Lipinski definition) is 1. The number of amides is 1. The standard InChI is InChI=1S/C19H16F3N3O2/c1-10(2)25-19(27)13-6-4-3-5-12(13)16(24-25)9-17(26)23-11-7-14(20)18(22)15(21)8-11/h3-8,10H,9H2,1-2H3,(H,23,26). The van der Waals surface area contributed by atoms with Crippen LogP contribution in [0.25, 0.3) is 10.8 Å². The number of rotatable bonds is 4. The van der Waals surface area contributed by atoms with Crippen LogP contribution in [0.15, 0.2) is 41.2 Å². The van der Waals surface area contributed by atoms with Crippen LogP contribution < -0.4 is 10.9 Å². The molecule has 0 atom stereocenters. The highest BCUT2D eigenvalue weighted by Gasteiger charge is 2.16. The predicted molar refractivity (Wildman–Crippen MR) is 95.0 cm³/mol. The first kappa shape index (κ1) is 18.6. The molecule has 0 bridgehead atoms. The summed E-state index contributed by atoms with van der Waals surface area (Å²) in [6, 6.07) is 7.91. The van der Waals surface area contributed by atoms with Crippen LogP contribution in [0.5, 0.6) is 0 Å². The van der Waals surface area contributed by atoms with Crippen LogP contribution >= 0.6 is 0 Å². The smallest absolute Gasteiger partial charge is 0.274 e. The highest BCUT2D eigenvalue weighted by atomic mass is 19.2. The van der Waals surface area contributed by atoms with E-state index >= 15 is 0 Å². The molecule has 0 aliphatic carbocycles. The van der Waals surface area contributed by atoms with Gasteiger partial charge in [-0.15, -0.1) is 0 Å². The van der Waals surface area contributed by atoms with Gasteiger partial charge in [0, 0.05) is 23.2 Å². The molecule has 0 radical (unpaired) electrons. The second-order valence-electron chi connectivity index (χ2n) is 6.31. The first-order valence-electron chi connectivity index (χ1n) is 8.22. The van der Waals surface area contributed by atoms with E-state index < -0.39 is 23.4 Å². The van der Waals surface area contributed by atoms with E-state index in [9.17, 15) is 22.8 Å². The minimum Gasteiger partial charge on any atom is -0.326 e. The molecule has 0 spiro atoms. The predicted octanol–water partition coefficient (Wildman–Crippen LogP) is 3.58. The summed E-state index contributed by atoms with van der Waals surface area (Å²) in [6.45, 7) is 3.58. The SMILES string of the molecule is CC(C)n1nc(CC(=O)Nc2cc(F)c(F)c(F)c2)c2ccccc2c1=O. The van der Waals surface area contributed by atoms with Crippen LogP contribution in [0.2, 0.25) is 0 Å². The van der Waals surface area contributed by atoms with Crippen LogP contribution in [0.1, 0.15) is 25.6 Å². The van der Waals surface area contributed by atoms with Gasteiger partial charge in [0.2, 0.25) is 5.91 Å². The van der Waals surface area contributed by atoms with Gasteiger partial charge in [-0.3, -0.25) is 9.59 Å². The maximum absolute atomic E-state index is 13.3. The Labute approximate surface area is 152 Å². The van der Waals surface area contributed by atoms with Crippen molar-refractivity contribution in [2.24, 2.45) is 0 Å². The number of halogens is 3. The molecule has 140 valence electrons. The molecule has 3 rings (SSSR count). The lowest BCUT2D eigenvalue weighted by atomic mass is 10.1. The van der Waals surface area contributed by atoms with E-state index in [2.05, 4.69) is 10.4 Å². The Morgan fingerprint density at radius 1 is 1.11 bits per heavy atom. The Balaban J connectivity index is 1.95. The third kappa shape index (κ3) is 3.69. The van der Waals surface area contributed by atoms with E-state index in [1.54, 1.807) is 38.1 Å². The van der Waals surface area contributed by atoms with Gasteiger partial charge in [-0.1, -0.05) is 18.2 Å². The largest absolute Gasteiger partial charge is 0.326 e. The summed E-state index contributed by atoms with van der Waals surface area (Å²) in [5.41, 5.74) is -0.134. The quantitative estimate of drug-likeness (QED) is 0.709. The number of carbonyl (C=O) groups excluding carboxylic acids is 1. The van der Waals surface area contributed by atoms with Crippen molar-refractivity contribution >= 4 is 22.4 Å². The van der Waals surface area contributed by atoms with Crippen LogP contribution in [-0.4, -0.2) is 15.7 Å². The fourth-order valence-corrected chi connectivity index (χ4v) is 2.74. The monoisotopic (exact) mass is 375 g/mol. The highest BCUT2D eigenvalue weighted by Crippen LogP contribution is 2.19. The zero-order valence-electron chi connectivity index (χ0n) is 14.6. The molecule has 0 saturated carbocycles. The van der Waals surface area contributed by atoms with Gasteiger partial charge in [0.1, 0.15) is 0 Å². The first-order chi connectivity index (χ1) is 12.8. The van der Waals surface area contributed by atoms with Gasteiger partial charge in [0.15, 0.2) is 17.5 Å². The summed E-state index contributed by atoms with van der Waals surface area (Å²) < 4.78 is 40.9. The summed E-state index contributed by atoms with van der Waals surface area (Å²) in [5, 5.41) is 7.52. The summed E-state index contributed by atoms with van der Waals surface area (Å²) in [5.74, 6) is -5.01. The average molecular weight is 375 g/mol. The molecule has 2 aromatic carbocycles. The molecule has 0 aliphatic heterocycles. The molecule has 8 heteroatoms. The molecule has 0 aliphatic rings. The third-order valence-corrected chi connectivity index (χ3v) is 3.99. The lowest BCUT2D eigenvalue weighted by molar-refractivity contribution is -0.115. The average Bonchev–Trinajstić information content (AvgIpc) is 2.61. The zero-order chi connectivity index (χ0) is 19.7. The van der Waals surface area contributed by atoms with Crippen molar-refractivity contribution in [2.45, 2.75) is 26.3 Å². The van der Waals surface area contributed by atoms with Gasteiger partial charge in [0.25, 0.3) is 5.56 Å². The Bertz CT molecular complexity index is 1070. The second-order valence-corrected chi connectivity index (χ2v) is 6.31. The Morgan fingerprint density at radius 2 is 1.70 bits per heavy atom. The number of nitrogens with one attached hydrogen (secondary N) is 1. The normalized spacial score (nSPS) is 11.2. The second kappa shape index (κ2) is 7.22. The van der Waals surface area contributed by atoms with Crippen LogP contribution in [0, 0.1) is 17.5 Å². The molecule has 27 heavy (non-hydrogen) atoms. The van der Waals surface area contributed by atoms with E-state index in [1.807, 2.05) is 0 Å². The van der Waals surface area contributed by atoms with Crippen LogP contribution in [-0.2, 0) is 11.2 Å². The summed E-state index contributed by atoms with van der Waals surface area (Å²) in [6.07, 6.45) is -0.228. The Morgan fingerprint density at radius 3 is 2.30 bits per heavy atom. The number of benzene rings is 2. The van der Waals surface area contributed by atoms with Gasteiger partial charge >= 0.3 is 0 Å². The van der Waals surface area contributed by atoms with E-state index in [4.69, 9.17) is 0 Å². The fourth-order valence-electron chi connectivity index (χ4n) is 2.74. The number of nitrogens with zero attached hydrogens (tertiary/aromatic N) is 2. The minimum atomic E-state index is -1.61. The molecule has 0 saturated heterocycles. The van der Waals surface area contributed by atoms with Crippen LogP contribution in [0.3, 0.4) is 0 Å². The number of aromatic nitrogens is 2. The van der Waals surface area contributed by atoms with Crippen molar-refractivity contribution < 1.29 is 18.0 Å². The number of fused-ring (bicyclic) bond motifs is 1. The fraction of sp³-hybridized carbons (Fsp3) is 0.211. The number of carbonyl (C=O) groups is 1. The summed E-state index contributed by atoms with van der Waals surface area (Å²) >= 11 is 0. The lowest BCUT2D eigenvalue weighted by Gasteiger charge is -2.13. The first-order valence-corrected chi connectivity index (χ1v) is 8.22. The molecular formula is C19H16F3N3O2. The molecule has 1 N–H and O–H groups in total.